The topological polar surface area (TPSA) is 55.0 Å². The van der Waals surface area contributed by atoms with Crippen LogP contribution in [0.2, 0.25) is 10.2 Å². The lowest BCUT2D eigenvalue weighted by molar-refractivity contribution is 0.706. The first-order valence-electron chi connectivity index (χ1n) is 5.93. The molecule has 0 atom stereocenters. The Morgan fingerprint density at radius 1 is 1.21 bits per heavy atom. The summed E-state index contributed by atoms with van der Waals surface area (Å²) in [5.74, 6) is 0. The van der Waals surface area contributed by atoms with Crippen molar-refractivity contribution in [3.05, 3.63) is 46.0 Å². The summed E-state index contributed by atoms with van der Waals surface area (Å²) in [5.41, 5.74) is 9.65. The summed E-state index contributed by atoms with van der Waals surface area (Å²) in [7, 11) is 0. The summed E-state index contributed by atoms with van der Waals surface area (Å²) in [4.78, 5) is 10.5. The zero-order valence-corrected chi connectivity index (χ0v) is 11.6. The summed E-state index contributed by atoms with van der Waals surface area (Å²) >= 11 is 12.1. The standard InChI is InChI=1S/C13H12Cl2N4/c14-8-1-2-12(10(16)5-8)19-4-3-11-9(6-19)13(15)18-7-17-11/h1-2,5,7H,3-4,6,16H2. The first-order valence-corrected chi connectivity index (χ1v) is 6.69. The van der Waals surface area contributed by atoms with Crippen LogP contribution in [0.1, 0.15) is 11.3 Å². The molecule has 0 spiro atoms. The van der Waals surface area contributed by atoms with Crippen molar-refractivity contribution in [2.24, 2.45) is 0 Å². The van der Waals surface area contributed by atoms with E-state index in [9.17, 15) is 0 Å². The van der Waals surface area contributed by atoms with Crippen molar-refractivity contribution in [3.63, 3.8) is 0 Å². The molecule has 2 N–H and O–H groups in total. The average Bonchev–Trinajstić information content (AvgIpc) is 2.39. The zero-order chi connectivity index (χ0) is 13.4. The highest BCUT2D eigenvalue weighted by molar-refractivity contribution is 6.31. The fourth-order valence-corrected chi connectivity index (χ4v) is 2.72. The van der Waals surface area contributed by atoms with E-state index in [4.69, 9.17) is 28.9 Å². The number of nitrogens with zero attached hydrogens (tertiary/aromatic N) is 3. The van der Waals surface area contributed by atoms with Crippen molar-refractivity contribution in [1.29, 1.82) is 0 Å². The number of aromatic nitrogens is 2. The Kier molecular flexibility index (Phi) is 3.21. The second kappa shape index (κ2) is 4.87. The molecule has 0 amide bonds. The first kappa shape index (κ1) is 12.5. The monoisotopic (exact) mass is 294 g/mol. The lowest BCUT2D eigenvalue weighted by atomic mass is 10.1. The molecule has 2 aromatic rings. The van der Waals surface area contributed by atoms with Crippen molar-refractivity contribution in [2.75, 3.05) is 17.2 Å². The van der Waals surface area contributed by atoms with Gasteiger partial charge in [0, 0.05) is 30.1 Å². The fraction of sp³-hybridized carbons (Fsp3) is 0.231. The molecule has 98 valence electrons. The minimum absolute atomic E-state index is 0.516. The molecular weight excluding hydrogens is 283 g/mol. The Labute approximate surface area is 121 Å². The number of rotatable bonds is 1. The number of hydrogen-bond acceptors (Lipinski definition) is 4. The van der Waals surface area contributed by atoms with E-state index in [1.54, 1.807) is 6.07 Å². The zero-order valence-electron chi connectivity index (χ0n) is 10.1. The highest BCUT2D eigenvalue weighted by atomic mass is 35.5. The van der Waals surface area contributed by atoms with Gasteiger partial charge in [-0.2, -0.15) is 0 Å². The quantitative estimate of drug-likeness (QED) is 0.649. The minimum atomic E-state index is 0.516. The van der Waals surface area contributed by atoms with Gasteiger partial charge >= 0.3 is 0 Å². The Hall–Kier alpha value is -1.52. The highest BCUT2D eigenvalue weighted by Crippen LogP contribution is 2.31. The number of anilines is 2. The lowest BCUT2D eigenvalue weighted by Crippen LogP contribution is -2.31. The van der Waals surface area contributed by atoms with Gasteiger partial charge in [0.25, 0.3) is 0 Å². The van der Waals surface area contributed by atoms with Gasteiger partial charge in [0.05, 0.1) is 17.1 Å². The van der Waals surface area contributed by atoms with Gasteiger partial charge in [-0.05, 0) is 18.2 Å². The molecule has 1 aliphatic heterocycles. The van der Waals surface area contributed by atoms with Crippen LogP contribution in [0, 0.1) is 0 Å². The molecule has 1 aromatic heterocycles. The average molecular weight is 295 g/mol. The second-order valence-corrected chi connectivity index (χ2v) is 5.26. The van der Waals surface area contributed by atoms with Crippen LogP contribution in [0.15, 0.2) is 24.5 Å². The molecule has 6 heteroatoms. The smallest absolute Gasteiger partial charge is 0.137 e. The molecule has 0 saturated carbocycles. The van der Waals surface area contributed by atoms with Crippen LogP contribution >= 0.6 is 23.2 Å². The van der Waals surface area contributed by atoms with Crippen LogP contribution in [-0.2, 0) is 13.0 Å². The molecule has 0 bridgehead atoms. The number of benzene rings is 1. The van der Waals surface area contributed by atoms with Gasteiger partial charge in [0.1, 0.15) is 11.5 Å². The molecule has 1 aromatic carbocycles. The SMILES string of the molecule is Nc1cc(Cl)ccc1N1CCc2ncnc(Cl)c2C1. The van der Waals surface area contributed by atoms with Gasteiger partial charge in [-0.1, -0.05) is 23.2 Å². The molecule has 0 saturated heterocycles. The summed E-state index contributed by atoms with van der Waals surface area (Å²) in [6, 6.07) is 5.53. The summed E-state index contributed by atoms with van der Waals surface area (Å²) in [5, 5.41) is 1.15. The van der Waals surface area contributed by atoms with E-state index in [-0.39, 0.29) is 0 Å². The van der Waals surface area contributed by atoms with Gasteiger partial charge in [-0.3, -0.25) is 0 Å². The van der Waals surface area contributed by atoms with Gasteiger partial charge in [0.2, 0.25) is 0 Å². The minimum Gasteiger partial charge on any atom is -0.397 e. The van der Waals surface area contributed by atoms with E-state index >= 15 is 0 Å². The maximum Gasteiger partial charge on any atom is 0.137 e. The summed E-state index contributed by atoms with van der Waals surface area (Å²) in [6.45, 7) is 1.52. The molecule has 4 nitrogen and oxygen atoms in total. The molecule has 0 unspecified atom stereocenters. The molecule has 19 heavy (non-hydrogen) atoms. The molecule has 1 aliphatic rings. The second-order valence-electron chi connectivity index (χ2n) is 4.46. The van der Waals surface area contributed by atoms with E-state index in [1.807, 2.05) is 12.1 Å². The van der Waals surface area contributed by atoms with Crippen LogP contribution in [0.4, 0.5) is 11.4 Å². The molecule has 0 fully saturated rings. The Morgan fingerprint density at radius 2 is 2.05 bits per heavy atom. The maximum atomic E-state index is 6.13. The predicted molar refractivity (Wildman–Crippen MR) is 77.7 cm³/mol. The summed E-state index contributed by atoms with van der Waals surface area (Å²) < 4.78 is 0. The number of fused-ring (bicyclic) bond motifs is 1. The van der Waals surface area contributed by atoms with Crippen molar-refractivity contribution in [3.8, 4) is 0 Å². The van der Waals surface area contributed by atoms with Gasteiger partial charge in [0.15, 0.2) is 0 Å². The summed E-state index contributed by atoms with van der Waals surface area (Å²) in [6.07, 6.45) is 2.34. The number of halogens is 2. The van der Waals surface area contributed by atoms with Gasteiger partial charge in [-0.15, -0.1) is 0 Å². The Bertz CT molecular complexity index is 630. The van der Waals surface area contributed by atoms with Crippen LogP contribution in [0.25, 0.3) is 0 Å². The highest BCUT2D eigenvalue weighted by Gasteiger charge is 2.21. The molecule has 2 heterocycles. The van der Waals surface area contributed by atoms with E-state index < -0.39 is 0 Å². The van der Waals surface area contributed by atoms with E-state index in [0.717, 1.165) is 29.9 Å². The van der Waals surface area contributed by atoms with E-state index in [1.165, 1.54) is 6.33 Å². The van der Waals surface area contributed by atoms with Crippen LogP contribution in [-0.4, -0.2) is 16.5 Å². The third kappa shape index (κ3) is 2.33. The van der Waals surface area contributed by atoms with E-state index in [2.05, 4.69) is 14.9 Å². The Balaban J connectivity index is 1.95. The molecular formula is C13H12Cl2N4. The maximum absolute atomic E-state index is 6.13. The van der Waals surface area contributed by atoms with Crippen molar-refractivity contribution in [1.82, 2.24) is 9.97 Å². The van der Waals surface area contributed by atoms with Gasteiger partial charge in [-0.25, -0.2) is 9.97 Å². The molecule has 0 radical (unpaired) electrons. The normalized spacial score (nSPS) is 14.3. The number of nitrogen functional groups attached to an aromatic ring is 1. The lowest BCUT2D eigenvalue weighted by Gasteiger charge is -2.31. The third-order valence-corrected chi connectivity index (χ3v) is 3.84. The predicted octanol–water partition coefficient (Wildman–Crippen LogP) is 2.93. The van der Waals surface area contributed by atoms with Crippen LogP contribution in [0.5, 0.6) is 0 Å². The van der Waals surface area contributed by atoms with Crippen molar-refractivity contribution < 1.29 is 0 Å². The largest absolute Gasteiger partial charge is 0.397 e. The molecule has 3 rings (SSSR count). The van der Waals surface area contributed by atoms with Crippen LogP contribution in [0.3, 0.4) is 0 Å². The van der Waals surface area contributed by atoms with Crippen LogP contribution < -0.4 is 10.6 Å². The van der Waals surface area contributed by atoms with E-state index in [0.29, 0.717) is 22.4 Å². The fourth-order valence-electron chi connectivity index (χ4n) is 2.33. The molecule has 0 aliphatic carbocycles. The van der Waals surface area contributed by atoms with Crippen molar-refractivity contribution in [2.45, 2.75) is 13.0 Å². The Morgan fingerprint density at radius 3 is 2.84 bits per heavy atom. The van der Waals surface area contributed by atoms with Gasteiger partial charge < -0.3 is 10.6 Å². The van der Waals surface area contributed by atoms with Crippen molar-refractivity contribution >= 4 is 34.6 Å². The third-order valence-electron chi connectivity index (χ3n) is 3.28. The number of nitrogens with two attached hydrogens (primary N) is 1. The number of hydrogen-bond donors (Lipinski definition) is 1. The first-order chi connectivity index (χ1) is 9.15.